The van der Waals surface area contributed by atoms with E-state index in [0.717, 1.165) is 43.5 Å². The maximum Gasteiger partial charge on any atom is 0.272 e. The third kappa shape index (κ3) is 3.15. The minimum absolute atomic E-state index is 0.0573. The molecule has 1 aliphatic carbocycles. The molecule has 2 aliphatic rings. The number of nitrogens with zero attached hydrogens (tertiary/aromatic N) is 2. The molecule has 0 N–H and O–H groups in total. The summed E-state index contributed by atoms with van der Waals surface area (Å²) in [6.45, 7) is 2.42. The minimum atomic E-state index is 0.0573. The Morgan fingerprint density at radius 1 is 1.42 bits per heavy atom. The standard InChI is InChI=1S/C14H17BrN2O2/c15-11-1-4-13(16-7-11)14(18)17(12-2-3-12)8-10-5-6-19-9-10/h1,4,7,10,12H,2-3,5-6,8-9H2. The second-order valence-electron chi connectivity index (χ2n) is 5.28. The molecule has 2 fully saturated rings. The van der Waals surface area contributed by atoms with Gasteiger partial charge in [0, 0.05) is 35.8 Å². The number of ether oxygens (including phenoxy) is 1. The topological polar surface area (TPSA) is 42.4 Å². The van der Waals surface area contributed by atoms with E-state index in [1.807, 2.05) is 11.0 Å². The van der Waals surface area contributed by atoms with Gasteiger partial charge in [0.05, 0.1) is 6.61 Å². The normalized spacial score (nSPS) is 22.5. The predicted octanol–water partition coefficient (Wildman–Crippen LogP) is 2.49. The van der Waals surface area contributed by atoms with Gasteiger partial charge in [-0.25, -0.2) is 4.98 Å². The van der Waals surface area contributed by atoms with Crippen molar-refractivity contribution < 1.29 is 9.53 Å². The van der Waals surface area contributed by atoms with Crippen LogP contribution in [0.5, 0.6) is 0 Å². The number of carbonyl (C=O) groups excluding carboxylic acids is 1. The lowest BCUT2D eigenvalue weighted by atomic mass is 10.1. The lowest BCUT2D eigenvalue weighted by molar-refractivity contribution is 0.0700. The van der Waals surface area contributed by atoms with Gasteiger partial charge in [0.1, 0.15) is 5.69 Å². The molecule has 1 unspecified atom stereocenters. The Balaban J connectivity index is 1.71. The van der Waals surface area contributed by atoms with E-state index >= 15 is 0 Å². The molecule has 1 atom stereocenters. The molecule has 1 aliphatic heterocycles. The van der Waals surface area contributed by atoms with Crippen LogP contribution in [-0.2, 0) is 4.74 Å². The van der Waals surface area contributed by atoms with Crippen molar-refractivity contribution in [1.29, 1.82) is 0 Å². The minimum Gasteiger partial charge on any atom is -0.381 e. The highest BCUT2D eigenvalue weighted by Crippen LogP contribution is 2.30. The average molecular weight is 325 g/mol. The van der Waals surface area contributed by atoms with Crippen LogP contribution in [0.2, 0.25) is 0 Å². The second kappa shape index (κ2) is 5.59. The summed E-state index contributed by atoms with van der Waals surface area (Å²) in [4.78, 5) is 18.7. The SMILES string of the molecule is O=C(c1ccc(Br)cn1)N(CC1CCOC1)C1CC1. The molecule has 0 radical (unpaired) electrons. The zero-order valence-electron chi connectivity index (χ0n) is 10.7. The third-order valence-electron chi connectivity index (χ3n) is 3.67. The van der Waals surface area contributed by atoms with Crippen LogP contribution in [0.4, 0.5) is 0 Å². The first kappa shape index (κ1) is 13.1. The summed E-state index contributed by atoms with van der Waals surface area (Å²) in [6, 6.07) is 4.07. The van der Waals surface area contributed by atoms with Gasteiger partial charge in [0.25, 0.3) is 5.91 Å². The molecule has 4 nitrogen and oxygen atoms in total. The number of hydrogen-bond acceptors (Lipinski definition) is 3. The fourth-order valence-corrected chi connectivity index (χ4v) is 2.67. The molecule has 1 amide bonds. The molecule has 3 rings (SSSR count). The lowest BCUT2D eigenvalue weighted by Crippen LogP contribution is -2.37. The van der Waals surface area contributed by atoms with Gasteiger partial charge < -0.3 is 9.64 Å². The molecule has 102 valence electrons. The summed E-state index contributed by atoms with van der Waals surface area (Å²) in [7, 11) is 0. The van der Waals surface area contributed by atoms with Crippen LogP contribution in [0.1, 0.15) is 29.8 Å². The van der Waals surface area contributed by atoms with Gasteiger partial charge in [0.15, 0.2) is 0 Å². The molecule has 0 spiro atoms. The van der Waals surface area contributed by atoms with E-state index in [2.05, 4.69) is 20.9 Å². The Morgan fingerprint density at radius 2 is 2.26 bits per heavy atom. The summed E-state index contributed by atoms with van der Waals surface area (Å²) < 4.78 is 6.29. The molecule has 1 saturated heterocycles. The molecule has 5 heteroatoms. The molecular weight excluding hydrogens is 308 g/mol. The fourth-order valence-electron chi connectivity index (χ4n) is 2.44. The highest BCUT2D eigenvalue weighted by atomic mass is 79.9. The van der Waals surface area contributed by atoms with Gasteiger partial charge in [-0.05, 0) is 47.3 Å². The van der Waals surface area contributed by atoms with Crippen molar-refractivity contribution in [2.45, 2.75) is 25.3 Å². The van der Waals surface area contributed by atoms with Gasteiger partial charge in [-0.15, -0.1) is 0 Å². The number of rotatable bonds is 4. The van der Waals surface area contributed by atoms with Crippen LogP contribution in [0.3, 0.4) is 0 Å². The Hall–Kier alpha value is -0.940. The van der Waals surface area contributed by atoms with Crippen LogP contribution < -0.4 is 0 Å². The highest BCUT2D eigenvalue weighted by Gasteiger charge is 2.35. The van der Waals surface area contributed by atoms with E-state index in [1.165, 1.54) is 0 Å². The summed E-state index contributed by atoms with van der Waals surface area (Å²) in [6.07, 6.45) is 4.98. The molecule has 0 aromatic carbocycles. The van der Waals surface area contributed by atoms with Crippen molar-refractivity contribution in [3.05, 3.63) is 28.5 Å². The van der Waals surface area contributed by atoms with Crippen LogP contribution in [-0.4, -0.2) is 41.6 Å². The van der Waals surface area contributed by atoms with Crippen molar-refractivity contribution in [3.63, 3.8) is 0 Å². The number of halogens is 1. The lowest BCUT2D eigenvalue weighted by Gasteiger charge is -2.24. The fraction of sp³-hybridized carbons (Fsp3) is 0.571. The molecule has 0 bridgehead atoms. The molecule has 2 heterocycles. The van der Waals surface area contributed by atoms with Gasteiger partial charge in [-0.3, -0.25) is 4.79 Å². The van der Waals surface area contributed by atoms with Gasteiger partial charge in [0.2, 0.25) is 0 Å². The van der Waals surface area contributed by atoms with E-state index in [4.69, 9.17) is 4.74 Å². The summed E-state index contributed by atoms with van der Waals surface area (Å²) in [5.74, 6) is 0.543. The van der Waals surface area contributed by atoms with E-state index in [-0.39, 0.29) is 5.91 Å². The molecule has 1 aromatic heterocycles. The van der Waals surface area contributed by atoms with Crippen LogP contribution in [0, 0.1) is 5.92 Å². The average Bonchev–Trinajstić information content (AvgIpc) is 3.13. The largest absolute Gasteiger partial charge is 0.381 e. The molecular formula is C14H17BrN2O2. The summed E-state index contributed by atoms with van der Waals surface area (Å²) in [5, 5.41) is 0. The number of aromatic nitrogens is 1. The summed E-state index contributed by atoms with van der Waals surface area (Å²) in [5.41, 5.74) is 0.536. The quantitative estimate of drug-likeness (QED) is 0.854. The third-order valence-corrected chi connectivity index (χ3v) is 4.14. The van der Waals surface area contributed by atoms with Gasteiger partial charge in [-0.2, -0.15) is 0 Å². The Bertz CT molecular complexity index is 453. The molecule has 19 heavy (non-hydrogen) atoms. The van der Waals surface area contributed by atoms with Crippen molar-refractivity contribution in [2.24, 2.45) is 5.92 Å². The zero-order chi connectivity index (χ0) is 13.2. The number of pyridine rings is 1. The van der Waals surface area contributed by atoms with Crippen molar-refractivity contribution in [1.82, 2.24) is 9.88 Å². The van der Waals surface area contributed by atoms with E-state index < -0.39 is 0 Å². The van der Waals surface area contributed by atoms with Gasteiger partial charge >= 0.3 is 0 Å². The van der Waals surface area contributed by atoms with E-state index in [1.54, 1.807) is 12.3 Å². The van der Waals surface area contributed by atoms with Crippen molar-refractivity contribution in [2.75, 3.05) is 19.8 Å². The zero-order valence-corrected chi connectivity index (χ0v) is 12.3. The summed E-state index contributed by atoms with van der Waals surface area (Å²) >= 11 is 3.34. The Labute approximate surface area is 121 Å². The monoisotopic (exact) mass is 324 g/mol. The van der Waals surface area contributed by atoms with Gasteiger partial charge in [-0.1, -0.05) is 0 Å². The first-order chi connectivity index (χ1) is 9.24. The predicted molar refractivity (Wildman–Crippen MR) is 74.9 cm³/mol. The molecule has 1 saturated carbocycles. The number of hydrogen-bond donors (Lipinski definition) is 0. The Morgan fingerprint density at radius 3 is 2.84 bits per heavy atom. The van der Waals surface area contributed by atoms with E-state index in [0.29, 0.717) is 17.7 Å². The van der Waals surface area contributed by atoms with Crippen LogP contribution in [0.15, 0.2) is 22.8 Å². The van der Waals surface area contributed by atoms with Crippen molar-refractivity contribution in [3.8, 4) is 0 Å². The van der Waals surface area contributed by atoms with Crippen LogP contribution in [0.25, 0.3) is 0 Å². The first-order valence-corrected chi connectivity index (χ1v) is 7.53. The first-order valence-electron chi connectivity index (χ1n) is 6.74. The van der Waals surface area contributed by atoms with Crippen LogP contribution >= 0.6 is 15.9 Å². The smallest absolute Gasteiger partial charge is 0.272 e. The Kier molecular flexibility index (Phi) is 3.84. The maximum atomic E-state index is 12.5. The maximum absolute atomic E-state index is 12.5. The number of amides is 1. The van der Waals surface area contributed by atoms with E-state index in [9.17, 15) is 4.79 Å². The highest BCUT2D eigenvalue weighted by molar-refractivity contribution is 9.10. The number of carbonyl (C=O) groups is 1. The molecule has 1 aromatic rings. The second-order valence-corrected chi connectivity index (χ2v) is 6.20. The van der Waals surface area contributed by atoms with Crippen molar-refractivity contribution >= 4 is 21.8 Å².